The fraction of sp³-hybridized carbons (Fsp3) is 0.0270. The monoisotopic (exact) mass is 1080 g/mol. The van der Waals surface area contributed by atoms with Gasteiger partial charge in [-0.05, 0) is 89.5 Å². The average molecular weight is 1080 g/mol. The van der Waals surface area contributed by atoms with Gasteiger partial charge in [0.1, 0.15) is 0 Å². The lowest BCUT2D eigenvalue weighted by molar-refractivity contribution is 0.745. The Morgan fingerprint density at radius 1 is 0.373 bits per heavy atom. The van der Waals surface area contributed by atoms with Gasteiger partial charge in [0, 0.05) is 82.4 Å². The molecule has 10 aromatic carbocycles. The van der Waals surface area contributed by atoms with Crippen molar-refractivity contribution in [3.63, 3.8) is 0 Å². The molecule has 2 unspecified atom stereocenters. The smallest absolute Gasteiger partial charge is 0.238 e. The molecule has 83 heavy (non-hydrogen) atoms. The van der Waals surface area contributed by atoms with E-state index in [1.165, 1.54) is 59.3 Å². The molecule has 9 heteroatoms. The molecule has 0 bridgehead atoms. The van der Waals surface area contributed by atoms with Gasteiger partial charge in [0.15, 0.2) is 17.5 Å². The first kappa shape index (κ1) is 46.1. The van der Waals surface area contributed by atoms with Crippen LogP contribution in [-0.4, -0.2) is 39.7 Å². The van der Waals surface area contributed by atoms with Crippen LogP contribution in [0.1, 0.15) is 11.5 Å². The van der Waals surface area contributed by atoms with Crippen molar-refractivity contribution in [1.29, 1.82) is 0 Å². The van der Waals surface area contributed by atoms with Crippen molar-refractivity contribution in [3.05, 3.63) is 273 Å². The number of rotatable bonds is 7. The molecule has 6 aromatic heterocycles. The Labute approximate surface area is 480 Å². The van der Waals surface area contributed by atoms with Crippen molar-refractivity contribution < 1.29 is 0 Å². The minimum absolute atomic E-state index is 0.120. The summed E-state index contributed by atoms with van der Waals surface area (Å²) in [6.45, 7) is 0. The summed E-state index contributed by atoms with van der Waals surface area (Å²) in [6.07, 6.45) is 11.0. The van der Waals surface area contributed by atoms with Gasteiger partial charge in [-0.3, -0.25) is 9.13 Å². The zero-order chi connectivity index (χ0) is 54.3. The van der Waals surface area contributed by atoms with Gasteiger partial charge in [0.2, 0.25) is 5.95 Å². The third-order valence-electron chi connectivity index (χ3n) is 17.3. The number of allylic oxidation sites excluding steroid dienone is 2. The molecule has 7 heterocycles. The lowest BCUT2D eigenvalue weighted by Gasteiger charge is -2.29. The summed E-state index contributed by atoms with van der Waals surface area (Å²) in [5.41, 5.74) is 15.5. The number of fused-ring (bicyclic) bond motifs is 16. The van der Waals surface area contributed by atoms with Crippen molar-refractivity contribution in [2.75, 3.05) is 4.90 Å². The summed E-state index contributed by atoms with van der Waals surface area (Å²) in [7, 11) is 0. The first-order chi connectivity index (χ1) is 41.2. The van der Waals surface area contributed by atoms with E-state index < -0.39 is 0 Å². The summed E-state index contributed by atoms with van der Waals surface area (Å²) < 4.78 is 9.43. The predicted octanol–water partition coefficient (Wildman–Crippen LogP) is 18.7. The van der Waals surface area contributed by atoms with E-state index >= 15 is 0 Å². The number of thiophene rings is 1. The third kappa shape index (κ3) is 6.86. The Morgan fingerprint density at radius 2 is 0.952 bits per heavy atom. The Bertz CT molecular complexity index is 5360. The molecule has 0 saturated heterocycles. The topological polar surface area (TPSA) is 69.6 Å². The number of hydrogen-bond donors (Lipinski definition) is 0. The Morgan fingerprint density at radius 3 is 1.67 bits per heavy atom. The number of benzene rings is 10. The highest BCUT2D eigenvalue weighted by Crippen LogP contribution is 2.53. The third-order valence-corrected chi connectivity index (χ3v) is 18.5. The molecule has 2 aliphatic rings. The molecule has 18 rings (SSSR count). The van der Waals surface area contributed by atoms with Crippen LogP contribution in [0.15, 0.2) is 267 Å². The minimum atomic E-state index is 0.120. The summed E-state index contributed by atoms with van der Waals surface area (Å²) in [4.78, 5) is 23.8. The first-order valence-corrected chi connectivity index (χ1v) is 29.0. The van der Waals surface area contributed by atoms with E-state index in [9.17, 15) is 0 Å². The highest BCUT2D eigenvalue weighted by atomic mass is 32.1. The van der Waals surface area contributed by atoms with Gasteiger partial charge in [0.05, 0.1) is 49.5 Å². The van der Waals surface area contributed by atoms with Gasteiger partial charge in [-0.25, -0.2) is 9.97 Å². The summed E-state index contributed by atoms with van der Waals surface area (Å²) in [6, 6.07) is 85.2. The second-order valence-corrected chi connectivity index (χ2v) is 22.8. The lowest BCUT2D eigenvalue weighted by atomic mass is 9.91. The Balaban J connectivity index is 0.754. The molecule has 0 N–H and O–H groups in total. The first-order valence-electron chi connectivity index (χ1n) is 28.2. The van der Waals surface area contributed by atoms with Gasteiger partial charge in [-0.2, -0.15) is 9.97 Å². The van der Waals surface area contributed by atoms with Crippen LogP contribution in [0, 0.1) is 0 Å². The van der Waals surface area contributed by atoms with E-state index in [1.54, 1.807) is 0 Å². The quantitative estimate of drug-likeness (QED) is 0.159. The largest absolute Gasteiger partial charge is 0.332 e. The number of nitrogens with zero attached hydrogens (tertiary/aromatic N) is 8. The maximum absolute atomic E-state index is 5.45. The fourth-order valence-corrected chi connectivity index (χ4v) is 14.8. The maximum Gasteiger partial charge on any atom is 0.238 e. The van der Waals surface area contributed by atoms with Crippen LogP contribution in [0.4, 0.5) is 11.4 Å². The van der Waals surface area contributed by atoms with Crippen molar-refractivity contribution >= 4 is 108 Å². The van der Waals surface area contributed by atoms with Gasteiger partial charge in [-0.1, -0.05) is 188 Å². The number of hydrogen-bond acceptors (Lipinski definition) is 6. The van der Waals surface area contributed by atoms with E-state index in [-0.39, 0.29) is 12.0 Å². The predicted molar refractivity (Wildman–Crippen MR) is 343 cm³/mol. The van der Waals surface area contributed by atoms with Gasteiger partial charge in [-0.15, -0.1) is 11.3 Å². The second kappa shape index (κ2) is 17.9. The molecule has 16 aromatic rings. The maximum atomic E-state index is 5.45. The average Bonchev–Trinajstić information content (AvgIpc) is 4.53. The molecular weight excluding hydrogens is 1030 g/mol. The zero-order valence-corrected chi connectivity index (χ0v) is 45.4. The highest BCUT2D eigenvalue weighted by molar-refractivity contribution is 7.26. The minimum Gasteiger partial charge on any atom is -0.332 e. The molecule has 0 amide bonds. The molecule has 8 nitrogen and oxygen atoms in total. The van der Waals surface area contributed by atoms with Crippen molar-refractivity contribution in [2.45, 2.75) is 12.0 Å². The molecule has 2 atom stereocenters. The number of anilines is 2. The number of para-hydroxylation sites is 5. The van der Waals surface area contributed by atoms with Crippen LogP contribution < -0.4 is 4.90 Å². The standard InChI is InChI=1S/C74H46N8S/c1-3-17-46(18-4-1)71-76-72(78-74(77-71)82-65-30-16-10-24-54(65)57-38-37-56-53-23-9-14-28-63(53)80(68(56)69(57)82)49-19-5-2-6-20-49)47-33-31-45(32-34-47)48-35-39-66-59(43-48)55-25-11-15-29-64(55)81(66)73-70-58(41-42-75-73)60-44-50(36-40-67(60)83-70)79-61-26-12-7-21-51(61)52-22-8-13-27-62(52)79/h1-44,53,63H. The highest BCUT2D eigenvalue weighted by Gasteiger charge is 2.40. The SMILES string of the molecule is C1=CC2c3ccc4c5ccccc5n(-c5nc(-c6ccccc6)nc(-c6ccc(-c7ccc8c(c7)c7ccccc7n8-c7nccc8c7sc7ccc(-n9c%10ccccc%10c%10ccccc%109)cc78)cc6)n5)c4c3N(c3ccccc3)C2C=C1. The molecule has 0 fully saturated rings. The van der Waals surface area contributed by atoms with Gasteiger partial charge >= 0.3 is 0 Å². The van der Waals surface area contributed by atoms with Crippen molar-refractivity contribution in [1.82, 2.24) is 33.6 Å². The summed E-state index contributed by atoms with van der Waals surface area (Å²) >= 11 is 1.81. The van der Waals surface area contributed by atoms with E-state index in [1.807, 2.05) is 35.7 Å². The molecule has 1 aliphatic carbocycles. The Hall–Kier alpha value is -10.7. The molecule has 1 aliphatic heterocycles. The molecule has 0 saturated carbocycles. The van der Waals surface area contributed by atoms with Crippen LogP contribution in [-0.2, 0) is 0 Å². The Kier molecular flexibility index (Phi) is 9.92. The van der Waals surface area contributed by atoms with E-state index in [2.05, 4.69) is 261 Å². The number of aromatic nitrogens is 7. The normalized spacial score (nSPS) is 14.9. The summed E-state index contributed by atoms with van der Waals surface area (Å²) in [5, 5.41) is 9.57. The van der Waals surface area contributed by atoms with Crippen LogP contribution >= 0.6 is 11.3 Å². The van der Waals surface area contributed by atoms with E-state index in [4.69, 9.17) is 19.9 Å². The van der Waals surface area contributed by atoms with Gasteiger partial charge < -0.3 is 9.47 Å². The van der Waals surface area contributed by atoms with Crippen LogP contribution in [0.5, 0.6) is 0 Å². The molecule has 388 valence electrons. The van der Waals surface area contributed by atoms with Crippen molar-refractivity contribution in [3.8, 4) is 51.4 Å². The fourth-order valence-electron chi connectivity index (χ4n) is 13.6. The molecule has 0 radical (unpaired) electrons. The molecular formula is C74H46N8S. The van der Waals surface area contributed by atoms with Crippen LogP contribution in [0.2, 0.25) is 0 Å². The zero-order valence-electron chi connectivity index (χ0n) is 44.5. The lowest BCUT2D eigenvalue weighted by Crippen LogP contribution is -2.28. The molecule has 0 spiro atoms. The van der Waals surface area contributed by atoms with E-state index in [0.717, 1.165) is 77.0 Å². The number of pyridine rings is 1. The van der Waals surface area contributed by atoms with Gasteiger partial charge in [0.25, 0.3) is 0 Å². The second-order valence-electron chi connectivity index (χ2n) is 21.7. The summed E-state index contributed by atoms with van der Waals surface area (Å²) in [5.74, 6) is 2.90. The van der Waals surface area contributed by atoms with Crippen LogP contribution in [0.3, 0.4) is 0 Å². The van der Waals surface area contributed by atoms with Crippen LogP contribution in [0.25, 0.3) is 137 Å². The van der Waals surface area contributed by atoms with E-state index in [0.29, 0.717) is 17.6 Å². The van der Waals surface area contributed by atoms with Crippen molar-refractivity contribution in [2.24, 2.45) is 0 Å².